The monoisotopic (exact) mass is 340 g/mol. The summed E-state index contributed by atoms with van der Waals surface area (Å²) in [4.78, 5) is 15.8. The number of piperidine rings is 1. The molecular weight excluding hydrogens is 316 g/mol. The third kappa shape index (κ3) is 3.05. The molecule has 1 N–H and O–H groups in total. The molecule has 1 aromatic carbocycles. The van der Waals surface area contributed by atoms with Gasteiger partial charge in [0.05, 0.1) is 0 Å². The molecule has 2 aliphatic rings. The molecule has 3 rings (SSSR count). The van der Waals surface area contributed by atoms with E-state index in [4.69, 9.17) is 4.74 Å². The number of amides is 1. The summed E-state index contributed by atoms with van der Waals surface area (Å²) in [6.07, 6.45) is 0.924. The van der Waals surface area contributed by atoms with E-state index in [1.54, 1.807) is 6.92 Å². The standard InChI is InChI=1S/C17H24N2O3.ClH/c1-3-19-15(20)22-17(16(19,2)21)9-11-18(12-10-17)13-14-7-5-4-6-8-14;/h4-8,21H,3,9-13H2,1-2H3;1H. The number of hydrogen-bond donors (Lipinski definition) is 1. The first kappa shape index (κ1) is 18.0. The first-order valence-electron chi connectivity index (χ1n) is 7.98. The summed E-state index contributed by atoms with van der Waals surface area (Å²) in [7, 11) is 0. The van der Waals surface area contributed by atoms with Crippen molar-refractivity contribution in [3.05, 3.63) is 35.9 Å². The molecule has 1 unspecified atom stereocenters. The van der Waals surface area contributed by atoms with E-state index in [0.29, 0.717) is 19.4 Å². The Labute approximate surface area is 143 Å². The molecule has 1 amide bonds. The second-order valence-electron chi connectivity index (χ2n) is 6.39. The van der Waals surface area contributed by atoms with Crippen molar-refractivity contribution in [1.29, 1.82) is 0 Å². The summed E-state index contributed by atoms with van der Waals surface area (Å²) in [5.74, 6) is 0. The molecule has 5 nitrogen and oxygen atoms in total. The van der Waals surface area contributed by atoms with Crippen LogP contribution in [-0.2, 0) is 11.3 Å². The molecule has 0 bridgehead atoms. The molecule has 1 aromatic rings. The second-order valence-corrected chi connectivity index (χ2v) is 6.39. The average Bonchev–Trinajstić information content (AvgIpc) is 2.68. The van der Waals surface area contributed by atoms with Crippen molar-refractivity contribution >= 4 is 18.5 Å². The van der Waals surface area contributed by atoms with Gasteiger partial charge in [-0.2, -0.15) is 0 Å². The predicted molar refractivity (Wildman–Crippen MR) is 90.4 cm³/mol. The smallest absolute Gasteiger partial charge is 0.412 e. The van der Waals surface area contributed by atoms with Gasteiger partial charge in [0, 0.05) is 39.0 Å². The van der Waals surface area contributed by atoms with Crippen molar-refractivity contribution in [3.63, 3.8) is 0 Å². The highest BCUT2D eigenvalue weighted by Gasteiger charge is 2.62. The molecule has 6 heteroatoms. The SMILES string of the molecule is CCN1C(=O)OC2(CCN(Cc3ccccc3)CC2)C1(C)O.Cl. The lowest BCUT2D eigenvalue weighted by Gasteiger charge is -2.44. The Bertz CT molecular complexity index is 542. The summed E-state index contributed by atoms with van der Waals surface area (Å²) < 4.78 is 5.62. The Morgan fingerprint density at radius 1 is 1.22 bits per heavy atom. The molecular formula is C17H25ClN2O3. The summed E-state index contributed by atoms with van der Waals surface area (Å²) in [5, 5.41) is 10.8. The van der Waals surface area contributed by atoms with E-state index in [1.165, 1.54) is 10.5 Å². The van der Waals surface area contributed by atoms with E-state index in [9.17, 15) is 9.90 Å². The number of likely N-dealkylation sites (tertiary alicyclic amines) is 1. The molecule has 2 heterocycles. The van der Waals surface area contributed by atoms with Crippen LogP contribution >= 0.6 is 12.4 Å². The Hall–Kier alpha value is -1.30. The van der Waals surface area contributed by atoms with Gasteiger partial charge in [0.15, 0.2) is 11.3 Å². The van der Waals surface area contributed by atoms with Crippen molar-refractivity contribution in [1.82, 2.24) is 9.80 Å². The third-order valence-corrected chi connectivity index (χ3v) is 5.12. The van der Waals surface area contributed by atoms with Crippen LogP contribution in [0, 0.1) is 0 Å². The van der Waals surface area contributed by atoms with Gasteiger partial charge in [0.2, 0.25) is 0 Å². The van der Waals surface area contributed by atoms with Crippen LogP contribution < -0.4 is 0 Å². The Morgan fingerprint density at radius 3 is 2.35 bits per heavy atom. The normalized spacial score (nSPS) is 26.9. The Balaban J connectivity index is 0.00000192. The number of carbonyl (C=O) groups is 1. The summed E-state index contributed by atoms with van der Waals surface area (Å²) in [6.45, 7) is 6.55. The van der Waals surface area contributed by atoms with E-state index < -0.39 is 17.4 Å². The maximum atomic E-state index is 12.0. The minimum absolute atomic E-state index is 0. The van der Waals surface area contributed by atoms with Crippen LogP contribution in [0.15, 0.2) is 30.3 Å². The minimum atomic E-state index is -1.22. The van der Waals surface area contributed by atoms with Gasteiger partial charge < -0.3 is 9.84 Å². The Kier molecular flexibility index (Phi) is 5.23. The van der Waals surface area contributed by atoms with Crippen LogP contribution in [-0.4, -0.2) is 52.0 Å². The van der Waals surface area contributed by atoms with Crippen molar-refractivity contribution in [3.8, 4) is 0 Å². The number of nitrogens with zero attached hydrogens (tertiary/aromatic N) is 2. The topological polar surface area (TPSA) is 53.0 Å². The molecule has 0 saturated carbocycles. The van der Waals surface area contributed by atoms with E-state index >= 15 is 0 Å². The van der Waals surface area contributed by atoms with Gasteiger partial charge in [-0.25, -0.2) is 4.79 Å². The van der Waals surface area contributed by atoms with Crippen molar-refractivity contribution in [2.45, 2.75) is 44.6 Å². The fourth-order valence-electron chi connectivity index (χ4n) is 3.67. The maximum absolute atomic E-state index is 12.0. The van der Waals surface area contributed by atoms with Crippen LogP contribution in [0.2, 0.25) is 0 Å². The van der Waals surface area contributed by atoms with E-state index in [0.717, 1.165) is 19.6 Å². The largest absolute Gasteiger partial charge is 0.437 e. The quantitative estimate of drug-likeness (QED) is 0.919. The highest BCUT2D eigenvalue weighted by molar-refractivity contribution is 5.85. The van der Waals surface area contributed by atoms with Gasteiger partial charge in [-0.15, -0.1) is 12.4 Å². The number of ether oxygens (including phenoxy) is 1. The zero-order chi connectivity index (χ0) is 15.8. The van der Waals surface area contributed by atoms with Crippen LogP contribution in [0.1, 0.15) is 32.3 Å². The van der Waals surface area contributed by atoms with Gasteiger partial charge in [0.25, 0.3) is 0 Å². The Morgan fingerprint density at radius 2 is 1.83 bits per heavy atom. The lowest BCUT2D eigenvalue weighted by molar-refractivity contribution is -0.164. The van der Waals surface area contributed by atoms with Gasteiger partial charge >= 0.3 is 6.09 Å². The van der Waals surface area contributed by atoms with Crippen LogP contribution in [0.25, 0.3) is 0 Å². The predicted octanol–water partition coefficient (Wildman–Crippen LogP) is 2.62. The highest BCUT2D eigenvalue weighted by Crippen LogP contribution is 2.44. The minimum Gasteiger partial charge on any atom is -0.437 e. The molecule has 128 valence electrons. The number of likely N-dealkylation sites (N-methyl/N-ethyl adjacent to an activating group) is 1. The third-order valence-electron chi connectivity index (χ3n) is 5.12. The summed E-state index contributed by atoms with van der Waals surface area (Å²) in [5.41, 5.74) is -0.714. The van der Waals surface area contributed by atoms with Crippen molar-refractivity contribution in [2.24, 2.45) is 0 Å². The molecule has 1 spiro atoms. The maximum Gasteiger partial charge on any atom is 0.412 e. The molecule has 1 atom stereocenters. The van der Waals surface area contributed by atoms with Crippen molar-refractivity contribution in [2.75, 3.05) is 19.6 Å². The molecule has 2 saturated heterocycles. The first-order valence-corrected chi connectivity index (χ1v) is 7.98. The number of hydrogen-bond acceptors (Lipinski definition) is 4. The van der Waals surface area contributed by atoms with Crippen LogP contribution in [0.4, 0.5) is 4.79 Å². The van der Waals surface area contributed by atoms with Gasteiger partial charge in [0.1, 0.15) is 0 Å². The number of rotatable bonds is 3. The van der Waals surface area contributed by atoms with Crippen LogP contribution in [0.5, 0.6) is 0 Å². The second kappa shape index (κ2) is 6.67. The molecule has 2 aliphatic heterocycles. The number of benzene rings is 1. The fourth-order valence-corrected chi connectivity index (χ4v) is 3.67. The van der Waals surface area contributed by atoms with Gasteiger partial charge in [-0.1, -0.05) is 30.3 Å². The number of halogens is 1. The lowest BCUT2D eigenvalue weighted by atomic mass is 9.82. The highest BCUT2D eigenvalue weighted by atomic mass is 35.5. The molecule has 0 aromatic heterocycles. The number of carbonyl (C=O) groups excluding carboxylic acids is 1. The summed E-state index contributed by atoms with van der Waals surface area (Å²) >= 11 is 0. The number of aliphatic hydroxyl groups is 1. The zero-order valence-corrected chi connectivity index (χ0v) is 14.5. The lowest BCUT2D eigenvalue weighted by Crippen LogP contribution is -2.60. The first-order chi connectivity index (χ1) is 10.5. The summed E-state index contributed by atoms with van der Waals surface area (Å²) in [6, 6.07) is 10.3. The fraction of sp³-hybridized carbons (Fsp3) is 0.588. The zero-order valence-electron chi connectivity index (χ0n) is 13.7. The molecule has 2 fully saturated rings. The van der Waals surface area contributed by atoms with Gasteiger partial charge in [-0.05, 0) is 19.4 Å². The van der Waals surface area contributed by atoms with Crippen LogP contribution in [0.3, 0.4) is 0 Å². The molecule has 0 radical (unpaired) electrons. The van der Waals surface area contributed by atoms with E-state index in [2.05, 4.69) is 17.0 Å². The average molecular weight is 341 g/mol. The molecule has 23 heavy (non-hydrogen) atoms. The van der Waals surface area contributed by atoms with Gasteiger partial charge in [-0.3, -0.25) is 9.80 Å². The van der Waals surface area contributed by atoms with Crippen molar-refractivity contribution < 1.29 is 14.6 Å². The van der Waals surface area contributed by atoms with E-state index in [1.807, 2.05) is 25.1 Å². The van der Waals surface area contributed by atoms with E-state index in [-0.39, 0.29) is 12.4 Å². The molecule has 0 aliphatic carbocycles.